The Balaban J connectivity index is 2.50. The Kier molecular flexibility index (Phi) is 4.02. The van der Waals surface area contributed by atoms with Gasteiger partial charge >= 0.3 is 0 Å². The summed E-state index contributed by atoms with van der Waals surface area (Å²) in [5.74, 6) is 0.686. The van der Waals surface area contributed by atoms with Crippen molar-refractivity contribution in [1.29, 1.82) is 0 Å². The van der Waals surface area contributed by atoms with Gasteiger partial charge in [-0.05, 0) is 31.9 Å². The Hall–Kier alpha value is -0.940. The van der Waals surface area contributed by atoms with Gasteiger partial charge in [0.15, 0.2) is 0 Å². The minimum absolute atomic E-state index is 0.662. The minimum atomic E-state index is -0.989. The average molecular weight is 282 g/mol. The third kappa shape index (κ3) is 2.42. The minimum Gasteiger partial charge on any atom is -0.396 e. The molecule has 0 saturated heterocycles. The maximum absolute atomic E-state index is 12.2. The lowest BCUT2D eigenvalue weighted by Gasteiger charge is -2.01. The quantitative estimate of drug-likeness (QED) is 0.935. The Labute approximate surface area is 114 Å². The molecular weight excluding hydrogens is 264 g/mol. The summed E-state index contributed by atoms with van der Waals surface area (Å²) in [6.45, 7) is 6.09. The highest BCUT2D eigenvalue weighted by Gasteiger charge is 2.17. The number of unbranched alkanes of at least 4 members (excludes halogenated alkanes) is 1. The molecule has 2 heterocycles. The second-order valence-corrected chi connectivity index (χ2v) is 7.23. The van der Waals surface area contributed by atoms with Crippen molar-refractivity contribution in [3.05, 3.63) is 17.3 Å². The lowest BCUT2D eigenvalue weighted by molar-refractivity contribution is 0.681. The summed E-state index contributed by atoms with van der Waals surface area (Å²) >= 11 is 1.47. The summed E-state index contributed by atoms with van der Waals surface area (Å²) in [4.78, 5) is 5.39. The van der Waals surface area contributed by atoms with Gasteiger partial charge in [0, 0.05) is 16.8 Å². The van der Waals surface area contributed by atoms with Crippen LogP contribution in [0.1, 0.15) is 31.0 Å². The number of pyridine rings is 1. The van der Waals surface area contributed by atoms with Crippen LogP contribution in [0.2, 0.25) is 0 Å². The summed E-state index contributed by atoms with van der Waals surface area (Å²) in [6, 6.07) is 2.02. The molecule has 0 bridgehead atoms. The molecule has 2 N–H and O–H groups in total. The van der Waals surface area contributed by atoms with Crippen molar-refractivity contribution in [2.75, 3.05) is 11.5 Å². The molecule has 0 aliphatic rings. The standard InChI is InChI=1S/C13H18N2OS2/c1-4-5-6-18(16)13-11(14)10-8(2)7-9(3)15-12(10)17-13/h7H,4-6,14H2,1-3H3. The number of nitrogens with two attached hydrogens (primary N) is 1. The first kappa shape index (κ1) is 13.5. The Morgan fingerprint density at radius 3 is 2.83 bits per heavy atom. The number of nitrogens with zero attached hydrogens (tertiary/aromatic N) is 1. The maximum atomic E-state index is 12.2. The average Bonchev–Trinajstić information content (AvgIpc) is 2.63. The monoisotopic (exact) mass is 282 g/mol. The van der Waals surface area contributed by atoms with E-state index in [-0.39, 0.29) is 0 Å². The van der Waals surface area contributed by atoms with E-state index in [1.54, 1.807) is 0 Å². The van der Waals surface area contributed by atoms with E-state index in [1.807, 2.05) is 19.9 Å². The van der Waals surface area contributed by atoms with Crippen molar-refractivity contribution < 1.29 is 4.21 Å². The number of aromatic nitrogens is 1. The van der Waals surface area contributed by atoms with Crippen LogP contribution in [0.5, 0.6) is 0 Å². The van der Waals surface area contributed by atoms with E-state index < -0.39 is 10.8 Å². The van der Waals surface area contributed by atoms with Gasteiger partial charge in [0.25, 0.3) is 0 Å². The van der Waals surface area contributed by atoms with Gasteiger partial charge in [-0.2, -0.15) is 0 Å². The fourth-order valence-electron chi connectivity index (χ4n) is 1.99. The summed E-state index contributed by atoms with van der Waals surface area (Å²) in [6.07, 6.45) is 2.01. The van der Waals surface area contributed by atoms with Gasteiger partial charge in [-0.25, -0.2) is 4.98 Å². The number of rotatable bonds is 4. The lowest BCUT2D eigenvalue weighted by atomic mass is 10.2. The topological polar surface area (TPSA) is 56.0 Å². The molecule has 0 aliphatic carbocycles. The second-order valence-electron chi connectivity index (χ2n) is 4.47. The third-order valence-corrected chi connectivity index (χ3v) is 5.87. The van der Waals surface area contributed by atoms with Crippen LogP contribution < -0.4 is 5.73 Å². The first-order chi connectivity index (χ1) is 8.54. The SMILES string of the molecule is CCCCS(=O)c1sc2nc(C)cc(C)c2c1N. The Morgan fingerprint density at radius 1 is 1.44 bits per heavy atom. The number of aryl methyl sites for hydroxylation is 2. The van der Waals surface area contributed by atoms with E-state index in [0.717, 1.165) is 38.5 Å². The van der Waals surface area contributed by atoms with E-state index in [4.69, 9.17) is 5.73 Å². The van der Waals surface area contributed by atoms with Crippen LogP contribution >= 0.6 is 11.3 Å². The van der Waals surface area contributed by atoms with Crippen molar-refractivity contribution in [3.63, 3.8) is 0 Å². The van der Waals surface area contributed by atoms with Crippen LogP contribution in [0, 0.1) is 13.8 Å². The number of anilines is 1. The Bertz CT molecular complexity index is 605. The zero-order chi connectivity index (χ0) is 13.3. The predicted octanol–water partition coefficient (Wildman–Crippen LogP) is 3.40. The number of thiophene rings is 1. The van der Waals surface area contributed by atoms with E-state index in [1.165, 1.54) is 11.3 Å². The molecular formula is C13H18N2OS2. The second kappa shape index (κ2) is 5.36. The molecule has 0 fully saturated rings. The van der Waals surface area contributed by atoms with Gasteiger partial charge in [-0.1, -0.05) is 13.3 Å². The van der Waals surface area contributed by atoms with E-state index in [2.05, 4.69) is 11.9 Å². The van der Waals surface area contributed by atoms with E-state index >= 15 is 0 Å². The van der Waals surface area contributed by atoms with Crippen LogP contribution in [-0.4, -0.2) is 14.9 Å². The van der Waals surface area contributed by atoms with Gasteiger partial charge in [0.1, 0.15) is 9.04 Å². The molecule has 1 atom stereocenters. The molecule has 98 valence electrons. The maximum Gasteiger partial charge on any atom is 0.127 e. The van der Waals surface area contributed by atoms with E-state index in [0.29, 0.717) is 11.4 Å². The molecule has 2 aromatic rings. The molecule has 0 saturated carbocycles. The highest BCUT2D eigenvalue weighted by atomic mass is 32.2. The molecule has 0 aliphatic heterocycles. The first-order valence-corrected chi connectivity index (χ1v) is 8.22. The molecule has 0 spiro atoms. The molecule has 18 heavy (non-hydrogen) atoms. The number of hydrogen-bond acceptors (Lipinski definition) is 4. The van der Waals surface area contributed by atoms with Crippen molar-refractivity contribution in [2.45, 2.75) is 37.8 Å². The highest BCUT2D eigenvalue weighted by Crippen LogP contribution is 2.37. The largest absolute Gasteiger partial charge is 0.396 e. The normalized spacial score (nSPS) is 13.1. The van der Waals surface area contributed by atoms with Crippen LogP contribution in [0.25, 0.3) is 10.2 Å². The number of fused-ring (bicyclic) bond motifs is 1. The van der Waals surface area contributed by atoms with Crippen LogP contribution in [0.3, 0.4) is 0 Å². The van der Waals surface area contributed by atoms with Crippen molar-refractivity contribution in [1.82, 2.24) is 4.98 Å². The summed E-state index contributed by atoms with van der Waals surface area (Å²) in [5.41, 5.74) is 8.90. The molecule has 5 heteroatoms. The zero-order valence-electron chi connectivity index (χ0n) is 10.9. The van der Waals surface area contributed by atoms with Crippen molar-refractivity contribution >= 4 is 38.0 Å². The zero-order valence-corrected chi connectivity index (χ0v) is 12.6. The molecule has 0 aromatic carbocycles. The van der Waals surface area contributed by atoms with Crippen LogP contribution in [0.4, 0.5) is 5.69 Å². The number of nitrogen functional groups attached to an aromatic ring is 1. The fourth-order valence-corrected chi connectivity index (χ4v) is 4.88. The molecule has 2 rings (SSSR count). The number of hydrogen-bond donors (Lipinski definition) is 1. The lowest BCUT2D eigenvalue weighted by Crippen LogP contribution is -1.98. The summed E-state index contributed by atoms with van der Waals surface area (Å²) in [7, 11) is -0.989. The van der Waals surface area contributed by atoms with Crippen molar-refractivity contribution in [3.8, 4) is 0 Å². The highest BCUT2D eigenvalue weighted by molar-refractivity contribution is 7.87. The van der Waals surface area contributed by atoms with Gasteiger partial charge in [0.05, 0.1) is 16.5 Å². The first-order valence-electron chi connectivity index (χ1n) is 6.09. The smallest absolute Gasteiger partial charge is 0.127 e. The fraction of sp³-hybridized carbons (Fsp3) is 0.462. The molecule has 3 nitrogen and oxygen atoms in total. The van der Waals surface area contributed by atoms with Crippen LogP contribution in [0.15, 0.2) is 10.3 Å². The molecule has 1 unspecified atom stereocenters. The Morgan fingerprint density at radius 2 is 2.17 bits per heavy atom. The summed E-state index contributed by atoms with van der Waals surface area (Å²) in [5, 5.41) is 0.977. The van der Waals surface area contributed by atoms with Crippen molar-refractivity contribution in [2.24, 2.45) is 0 Å². The predicted molar refractivity (Wildman–Crippen MR) is 79.7 cm³/mol. The molecule has 2 aromatic heterocycles. The van der Waals surface area contributed by atoms with Gasteiger partial charge < -0.3 is 5.73 Å². The summed E-state index contributed by atoms with van der Waals surface area (Å²) < 4.78 is 13.0. The van der Waals surface area contributed by atoms with Gasteiger partial charge in [-0.3, -0.25) is 4.21 Å². The molecule has 0 radical (unpaired) electrons. The third-order valence-electron chi connectivity index (χ3n) is 2.88. The van der Waals surface area contributed by atoms with E-state index in [9.17, 15) is 4.21 Å². The van der Waals surface area contributed by atoms with Gasteiger partial charge in [0.2, 0.25) is 0 Å². The molecule has 0 amide bonds. The van der Waals surface area contributed by atoms with Crippen LogP contribution in [-0.2, 0) is 10.8 Å². The van der Waals surface area contributed by atoms with Gasteiger partial charge in [-0.15, -0.1) is 11.3 Å².